The Morgan fingerprint density at radius 2 is 1.70 bits per heavy atom. The Morgan fingerprint density at radius 3 is 2.40 bits per heavy atom. The summed E-state index contributed by atoms with van der Waals surface area (Å²) in [5.74, 6) is 0.00194. The van der Waals surface area contributed by atoms with E-state index in [2.05, 4.69) is 0 Å². The van der Waals surface area contributed by atoms with Gasteiger partial charge in [0.1, 0.15) is 11.8 Å². The van der Waals surface area contributed by atoms with Crippen LogP contribution in [-0.4, -0.2) is 5.78 Å². The lowest BCUT2D eigenvalue weighted by atomic mass is 10.0. The average molecular weight is 264 g/mol. The van der Waals surface area contributed by atoms with E-state index in [9.17, 15) is 9.59 Å². The molecule has 0 atom stereocenters. The maximum atomic E-state index is 12.4. The first kappa shape index (κ1) is 12.4. The van der Waals surface area contributed by atoms with Crippen LogP contribution in [-0.2, 0) is 0 Å². The van der Waals surface area contributed by atoms with Crippen LogP contribution in [0.3, 0.4) is 0 Å². The lowest BCUT2D eigenvalue weighted by Gasteiger charge is -2.03. The lowest BCUT2D eigenvalue weighted by Crippen LogP contribution is -2.04. The molecule has 1 heterocycles. The Hall–Kier alpha value is -2.68. The van der Waals surface area contributed by atoms with Gasteiger partial charge in [0.05, 0.1) is 10.9 Å². The molecule has 0 bridgehead atoms. The third-order valence-electron chi connectivity index (χ3n) is 3.28. The normalized spacial score (nSPS) is 10.7. The van der Waals surface area contributed by atoms with Gasteiger partial charge in [-0.1, -0.05) is 36.4 Å². The Balaban J connectivity index is 2.17. The summed E-state index contributed by atoms with van der Waals surface area (Å²) >= 11 is 0. The third-order valence-corrected chi connectivity index (χ3v) is 3.28. The van der Waals surface area contributed by atoms with E-state index in [1.165, 1.54) is 13.2 Å². The average Bonchev–Trinajstić information content (AvgIpc) is 2.48. The highest BCUT2D eigenvalue weighted by atomic mass is 16.3. The highest BCUT2D eigenvalue weighted by Crippen LogP contribution is 2.20. The van der Waals surface area contributed by atoms with Crippen molar-refractivity contribution in [3.63, 3.8) is 0 Å². The zero-order valence-corrected chi connectivity index (χ0v) is 10.9. The topological polar surface area (TPSA) is 47.3 Å². The molecule has 1 aromatic heterocycles. The minimum Gasteiger partial charge on any atom is -0.463 e. The van der Waals surface area contributed by atoms with Gasteiger partial charge in [-0.25, -0.2) is 0 Å². The molecule has 0 spiro atoms. The molecule has 0 radical (unpaired) electrons. The predicted octanol–water partition coefficient (Wildman–Crippen LogP) is 3.66. The molecule has 0 aliphatic heterocycles. The number of ketones is 1. The molecule has 0 saturated carbocycles. The number of Topliss-reactive ketones (excluding diaryl/α,β-unsaturated/α-hetero) is 1. The van der Waals surface area contributed by atoms with Crippen LogP contribution in [0.2, 0.25) is 0 Å². The van der Waals surface area contributed by atoms with Crippen molar-refractivity contribution >= 4 is 16.8 Å². The van der Waals surface area contributed by atoms with Crippen LogP contribution in [0.5, 0.6) is 0 Å². The Kier molecular flexibility index (Phi) is 2.95. The van der Waals surface area contributed by atoms with Gasteiger partial charge in [-0.15, -0.1) is 0 Å². The van der Waals surface area contributed by atoms with Crippen molar-refractivity contribution in [2.45, 2.75) is 6.92 Å². The first-order valence-electron chi connectivity index (χ1n) is 6.29. The number of hydrogen-bond acceptors (Lipinski definition) is 3. The second kappa shape index (κ2) is 4.78. The minimum absolute atomic E-state index is 0.00194. The van der Waals surface area contributed by atoms with Crippen LogP contribution in [0, 0.1) is 0 Å². The summed E-state index contributed by atoms with van der Waals surface area (Å²) in [6.07, 6.45) is 1.47. The van der Waals surface area contributed by atoms with Gasteiger partial charge in [-0.05, 0) is 24.6 Å². The Morgan fingerprint density at radius 1 is 1.00 bits per heavy atom. The molecule has 20 heavy (non-hydrogen) atoms. The van der Waals surface area contributed by atoms with Crippen LogP contribution in [0.1, 0.15) is 17.3 Å². The second-order valence-electron chi connectivity index (χ2n) is 4.61. The number of fused-ring (bicyclic) bond motifs is 1. The predicted molar refractivity (Wildman–Crippen MR) is 77.9 cm³/mol. The maximum Gasteiger partial charge on any atom is 0.200 e. The van der Waals surface area contributed by atoms with Crippen LogP contribution in [0.15, 0.2) is 64.0 Å². The van der Waals surface area contributed by atoms with Crippen molar-refractivity contribution in [3.05, 3.63) is 70.6 Å². The van der Waals surface area contributed by atoms with E-state index in [4.69, 9.17) is 4.42 Å². The van der Waals surface area contributed by atoms with E-state index in [1.54, 1.807) is 36.4 Å². The van der Waals surface area contributed by atoms with E-state index in [-0.39, 0.29) is 11.2 Å². The fourth-order valence-corrected chi connectivity index (χ4v) is 2.16. The van der Waals surface area contributed by atoms with Gasteiger partial charge in [0.25, 0.3) is 0 Å². The molecule has 2 aromatic carbocycles. The monoisotopic (exact) mass is 264 g/mol. The van der Waals surface area contributed by atoms with E-state index in [1.807, 2.05) is 12.1 Å². The smallest absolute Gasteiger partial charge is 0.200 e. The van der Waals surface area contributed by atoms with Gasteiger partial charge >= 0.3 is 0 Å². The largest absolute Gasteiger partial charge is 0.463 e. The van der Waals surface area contributed by atoms with Crippen LogP contribution < -0.4 is 5.43 Å². The summed E-state index contributed by atoms with van der Waals surface area (Å²) in [7, 11) is 0. The van der Waals surface area contributed by atoms with Crippen LogP contribution >= 0.6 is 0 Å². The molecule has 0 aliphatic rings. The summed E-state index contributed by atoms with van der Waals surface area (Å²) < 4.78 is 5.49. The number of benzene rings is 2. The Labute approximate surface area is 115 Å². The molecule has 0 amide bonds. The number of rotatable bonds is 2. The van der Waals surface area contributed by atoms with Gasteiger partial charge in [0.2, 0.25) is 0 Å². The quantitative estimate of drug-likeness (QED) is 0.663. The van der Waals surface area contributed by atoms with E-state index in [0.717, 1.165) is 5.56 Å². The van der Waals surface area contributed by atoms with Crippen molar-refractivity contribution < 1.29 is 9.21 Å². The first-order valence-corrected chi connectivity index (χ1v) is 6.29. The highest BCUT2D eigenvalue weighted by molar-refractivity contribution is 5.94. The molecular formula is C17H12O3. The number of para-hydroxylation sites is 1. The number of hydrogen-bond donors (Lipinski definition) is 0. The van der Waals surface area contributed by atoms with Gasteiger partial charge in [0.15, 0.2) is 11.2 Å². The molecule has 98 valence electrons. The van der Waals surface area contributed by atoms with Gasteiger partial charge in [0, 0.05) is 5.56 Å². The van der Waals surface area contributed by atoms with Gasteiger partial charge < -0.3 is 4.42 Å². The van der Waals surface area contributed by atoms with Gasteiger partial charge in [-0.3, -0.25) is 9.59 Å². The van der Waals surface area contributed by atoms with Crippen molar-refractivity contribution in [1.82, 2.24) is 0 Å². The van der Waals surface area contributed by atoms with Gasteiger partial charge in [-0.2, -0.15) is 0 Å². The fraction of sp³-hybridized carbons (Fsp3) is 0.0588. The lowest BCUT2D eigenvalue weighted by molar-refractivity contribution is 0.101. The molecule has 0 fully saturated rings. The SMILES string of the molecule is CC(=O)c1ccc(-c2coc3ccccc3c2=O)cc1. The van der Waals surface area contributed by atoms with Crippen molar-refractivity contribution in [2.24, 2.45) is 0 Å². The summed E-state index contributed by atoms with van der Waals surface area (Å²) in [5, 5.41) is 0.556. The fourth-order valence-electron chi connectivity index (χ4n) is 2.16. The molecule has 3 aromatic rings. The summed E-state index contributed by atoms with van der Waals surface area (Å²) in [6.45, 7) is 1.51. The summed E-state index contributed by atoms with van der Waals surface area (Å²) in [5.41, 5.74) is 2.37. The molecule has 0 unspecified atom stereocenters. The first-order chi connectivity index (χ1) is 9.66. The standard InChI is InChI=1S/C17H12O3/c1-11(18)12-6-8-13(9-7-12)15-10-20-16-5-3-2-4-14(16)17(15)19/h2-10H,1H3. The number of carbonyl (C=O) groups is 1. The summed E-state index contributed by atoms with van der Waals surface area (Å²) in [4.78, 5) is 23.7. The highest BCUT2D eigenvalue weighted by Gasteiger charge is 2.09. The Bertz CT molecular complexity index is 842. The molecule has 3 rings (SSSR count). The van der Waals surface area contributed by atoms with Crippen molar-refractivity contribution in [2.75, 3.05) is 0 Å². The van der Waals surface area contributed by atoms with E-state index in [0.29, 0.717) is 22.1 Å². The molecule has 3 heteroatoms. The van der Waals surface area contributed by atoms with Crippen LogP contribution in [0.25, 0.3) is 22.1 Å². The molecule has 0 saturated heterocycles. The van der Waals surface area contributed by atoms with Crippen molar-refractivity contribution in [1.29, 1.82) is 0 Å². The van der Waals surface area contributed by atoms with E-state index >= 15 is 0 Å². The minimum atomic E-state index is -0.0672. The summed E-state index contributed by atoms with van der Waals surface area (Å²) in [6, 6.07) is 14.1. The molecular weight excluding hydrogens is 252 g/mol. The molecule has 0 N–H and O–H groups in total. The van der Waals surface area contributed by atoms with Crippen LogP contribution in [0.4, 0.5) is 0 Å². The second-order valence-corrected chi connectivity index (χ2v) is 4.61. The number of carbonyl (C=O) groups excluding carboxylic acids is 1. The molecule has 0 aliphatic carbocycles. The zero-order chi connectivity index (χ0) is 14.1. The zero-order valence-electron chi connectivity index (χ0n) is 10.9. The van der Waals surface area contributed by atoms with E-state index < -0.39 is 0 Å². The molecule has 3 nitrogen and oxygen atoms in total. The third kappa shape index (κ3) is 2.03. The van der Waals surface area contributed by atoms with Crippen molar-refractivity contribution in [3.8, 4) is 11.1 Å². The maximum absolute atomic E-state index is 12.4.